The van der Waals surface area contributed by atoms with Gasteiger partial charge in [0.2, 0.25) is 0 Å². The third-order valence-electron chi connectivity index (χ3n) is 2.54. The minimum Gasteiger partial charge on any atom is -0.486 e. The van der Waals surface area contributed by atoms with Gasteiger partial charge < -0.3 is 10.5 Å². The lowest BCUT2D eigenvalue weighted by Crippen LogP contribution is -2.06. The second-order valence-corrected chi connectivity index (χ2v) is 3.92. The number of ether oxygens (including phenoxy) is 1. The van der Waals surface area contributed by atoms with E-state index in [0.29, 0.717) is 24.5 Å². The van der Waals surface area contributed by atoms with Crippen LogP contribution in [0.3, 0.4) is 0 Å². The first-order chi connectivity index (χ1) is 8.69. The average molecular weight is 250 g/mol. The maximum atomic E-state index is 13.3. The second-order valence-electron chi connectivity index (χ2n) is 3.92. The fourth-order valence-corrected chi connectivity index (χ4v) is 1.61. The van der Waals surface area contributed by atoms with Crippen LogP contribution in [-0.4, -0.2) is 21.3 Å². The van der Waals surface area contributed by atoms with Crippen LogP contribution in [-0.2, 0) is 20.1 Å². The number of aryl methyl sites for hydroxylation is 1. The standard InChI is InChI=1S/C12H15FN4O/c1-17-12(15-8-16-17)7-18-11-5-9(2-3-14)4-10(13)6-11/h4-6,8H,2-3,7,14H2,1H3. The summed E-state index contributed by atoms with van der Waals surface area (Å²) in [5.74, 6) is 0.829. The van der Waals surface area contributed by atoms with Crippen LogP contribution in [0, 0.1) is 5.82 Å². The molecule has 0 atom stereocenters. The Hall–Kier alpha value is -1.95. The van der Waals surface area contributed by atoms with Crippen molar-refractivity contribution in [3.05, 3.63) is 41.7 Å². The third-order valence-corrected chi connectivity index (χ3v) is 2.54. The van der Waals surface area contributed by atoms with Gasteiger partial charge in [0.05, 0.1) is 0 Å². The van der Waals surface area contributed by atoms with E-state index >= 15 is 0 Å². The lowest BCUT2D eigenvalue weighted by atomic mass is 10.1. The van der Waals surface area contributed by atoms with E-state index < -0.39 is 0 Å². The van der Waals surface area contributed by atoms with Crippen LogP contribution in [0.1, 0.15) is 11.4 Å². The highest BCUT2D eigenvalue weighted by molar-refractivity contribution is 5.29. The van der Waals surface area contributed by atoms with Crippen LogP contribution in [0.25, 0.3) is 0 Å². The van der Waals surface area contributed by atoms with E-state index in [9.17, 15) is 4.39 Å². The van der Waals surface area contributed by atoms with E-state index in [2.05, 4.69) is 10.1 Å². The molecule has 18 heavy (non-hydrogen) atoms. The monoisotopic (exact) mass is 250 g/mol. The van der Waals surface area contributed by atoms with Crippen molar-refractivity contribution in [1.82, 2.24) is 14.8 Å². The first-order valence-electron chi connectivity index (χ1n) is 5.64. The third kappa shape index (κ3) is 3.04. The average Bonchev–Trinajstić information content (AvgIpc) is 2.72. The molecule has 0 spiro atoms. The number of nitrogens with zero attached hydrogens (tertiary/aromatic N) is 3. The van der Waals surface area contributed by atoms with E-state index in [4.69, 9.17) is 10.5 Å². The zero-order chi connectivity index (χ0) is 13.0. The number of rotatable bonds is 5. The summed E-state index contributed by atoms with van der Waals surface area (Å²) in [6.45, 7) is 0.730. The maximum absolute atomic E-state index is 13.3. The van der Waals surface area contributed by atoms with Gasteiger partial charge in [0.25, 0.3) is 0 Å². The summed E-state index contributed by atoms with van der Waals surface area (Å²) in [6.07, 6.45) is 2.07. The molecule has 5 nitrogen and oxygen atoms in total. The van der Waals surface area contributed by atoms with Crippen molar-refractivity contribution in [2.45, 2.75) is 13.0 Å². The lowest BCUT2D eigenvalue weighted by Gasteiger charge is -2.08. The molecule has 0 amide bonds. The number of aromatic nitrogens is 3. The molecule has 96 valence electrons. The second kappa shape index (κ2) is 5.59. The molecule has 1 heterocycles. The molecule has 1 aromatic carbocycles. The summed E-state index contributed by atoms with van der Waals surface area (Å²) >= 11 is 0. The van der Waals surface area contributed by atoms with Crippen molar-refractivity contribution in [3.63, 3.8) is 0 Å². The molecular formula is C12H15FN4O. The van der Waals surface area contributed by atoms with E-state index in [1.807, 2.05) is 0 Å². The van der Waals surface area contributed by atoms with Crippen LogP contribution in [0.2, 0.25) is 0 Å². The summed E-state index contributed by atoms with van der Waals surface area (Å²) in [7, 11) is 1.77. The smallest absolute Gasteiger partial charge is 0.164 e. The Kier molecular flexibility index (Phi) is 3.88. The molecule has 0 aliphatic rings. The molecule has 2 N–H and O–H groups in total. The Morgan fingerprint density at radius 3 is 2.89 bits per heavy atom. The predicted molar refractivity (Wildman–Crippen MR) is 64.5 cm³/mol. The van der Waals surface area contributed by atoms with E-state index in [-0.39, 0.29) is 12.4 Å². The van der Waals surface area contributed by atoms with Gasteiger partial charge in [0, 0.05) is 13.1 Å². The highest BCUT2D eigenvalue weighted by Crippen LogP contribution is 2.17. The topological polar surface area (TPSA) is 66.0 Å². The van der Waals surface area contributed by atoms with Gasteiger partial charge >= 0.3 is 0 Å². The summed E-state index contributed by atoms with van der Waals surface area (Å²) < 4.78 is 20.4. The molecule has 0 saturated carbocycles. The molecule has 0 aliphatic carbocycles. The Balaban J connectivity index is 2.07. The zero-order valence-corrected chi connectivity index (χ0v) is 10.1. The summed E-state index contributed by atoms with van der Waals surface area (Å²) in [4.78, 5) is 4.03. The molecule has 2 aromatic rings. The summed E-state index contributed by atoms with van der Waals surface area (Å²) in [6, 6.07) is 4.59. The molecule has 0 unspecified atom stereocenters. The fourth-order valence-electron chi connectivity index (χ4n) is 1.61. The number of halogens is 1. The van der Waals surface area contributed by atoms with Crippen molar-refractivity contribution >= 4 is 0 Å². The van der Waals surface area contributed by atoms with Gasteiger partial charge in [-0.1, -0.05) is 0 Å². The quantitative estimate of drug-likeness (QED) is 0.861. The Bertz CT molecular complexity index is 527. The Morgan fingerprint density at radius 1 is 1.39 bits per heavy atom. The highest BCUT2D eigenvalue weighted by Gasteiger charge is 2.04. The first-order valence-corrected chi connectivity index (χ1v) is 5.64. The van der Waals surface area contributed by atoms with Gasteiger partial charge in [-0.05, 0) is 30.7 Å². The molecule has 1 aromatic heterocycles. The van der Waals surface area contributed by atoms with Gasteiger partial charge in [-0.25, -0.2) is 9.37 Å². The molecule has 0 fully saturated rings. The van der Waals surface area contributed by atoms with Crippen molar-refractivity contribution in [3.8, 4) is 5.75 Å². The van der Waals surface area contributed by atoms with E-state index in [1.54, 1.807) is 17.8 Å². The van der Waals surface area contributed by atoms with Crippen molar-refractivity contribution in [1.29, 1.82) is 0 Å². The van der Waals surface area contributed by atoms with Gasteiger partial charge in [-0.15, -0.1) is 0 Å². The largest absolute Gasteiger partial charge is 0.486 e. The Labute approximate surface area is 104 Å². The van der Waals surface area contributed by atoms with E-state index in [0.717, 1.165) is 5.56 Å². The number of benzene rings is 1. The van der Waals surface area contributed by atoms with Crippen LogP contribution < -0.4 is 10.5 Å². The SMILES string of the molecule is Cn1ncnc1COc1cc(F)cc(CCN)c1. The predicted octanol–water partition coefficient (Wildman–Crippen LogP) is 1.03. The fraction of sp³-hybridized carbons (Fsp3) is 0.333. The number of nitrogens with two attached hydrogens (primary N) is 1. The molecule has 2 rings (SSSR count). The lowest BCUT2D eigenvalue weighted by molar-refractivity contribution is 0.288. The van der Waals surface area contributed by atoms with Gasteiger partial charge in [-0.3, -0.25) is 4.68 Å². The molecule has 0 aliphatic heterocycles. The Morgan fingerprint density at radius 2 is 2.22 bits per heavy atom. The summed E-state index contributed by atoms with van der Waals surface area (Å²) in [5, 5.41) is 3.93. The van der Waals surface area contributed by atoms with Crippen molar-refractivity contribution in [2.24, 2.45) is 12.8 Å². The van der Waals surface area contributed by atoms with Crippen LogP contribution in [0.5, 0.6) is 5.75 Å². The zero-order valence-electron chi connectivity index (χ0n) is 10.1. The molecule has 0 radical (unpaired) electrons. The maximum Gasteiger partial charge on any atom is 0.164 e. The minimum absolute atomic E-state index is 0.252. The molecular weight excluding hydrogens is 235 g/mol. The number of hydrogen-bond donors (Lipinski definition) is 1. The van der Waals surface area contributed by atoms with Gasteiger partial charge in [0.15, 0.2) is 5.82 Å². The minimum atomic E-state index is -0.325. The normalized spacial score (nSPS) is 10.6. The van der Waals surface area contributed by atoms with Gasteiger partial charge in [-0.2, -0.15) is 5.10 Å². The number of hydrogen-bond acceptors (Lipinski definition) is 4. The van der Waals surface area contributed by atoms with Gasteiger partial charge in [0.1, 0.15) is 24.5 Å². The summed E-state index contributed by atoms with van der Waals surface area (Å²) in [5.41, 5.74) is 6.27. The molecule has 0 saturated heterocycles. The molecule has 0 bridgehead atoms. The van der Waals surface area contributed by atoms with Crippen LogP contribution >= 0.6 is 0 Å². The van der Waals surface area contributed by atoms with Crippen LogP contribution in [0.4, 0.5) is 4.39 Å². The highest BCUT2D eigenvalue weighted by atomic mass is 19.1. The first kappa shape index (κ1) is 12.5. The van der Waals surface area contributed by atoms with Crippen molar-refractivity contribution < 1.29 is 9.13 Å². The van der Waals surface area contributed by atoms with Crippen LogP contribution in [0.15, 0.2) is 24.5 Å². The molecule has 6 heteroatoms. The van der Waals surface area contributed by atoms with E-state index in [1.165, 1.54) is 18.5 Å². The van der Waals surface area contributed by atoms with Crippen molar-refractivity contribution in [2.75, 3.05) is 6.54 Å².